The molecule has 4 rings (SSSR count). The lowest BCUT2D eigenvalue weighted by Crippen LogP contribution is -2.25. The lowest BCUT2D eigenvalue weighted by Gasteiger charge is -2.10. The van der Waals surface area contributed by atoms with Crippen molar-refractivity contribution < 1.29 is 14.3 Å². The first-order valence-corrected chi connectivity index (χ1v) is 9.22. The minimum atomic E-state index is -0.128. The number of hydrogen-bond donors (Lipinski definition) is 2. The first kappa shape index (κ1) is 18.0. The number of rotatable bonds is 6. The normalized spacial score (nSPS) is 13.8. The number of hydrogen-bond acceptors (Lipinski definition) is 4. The summed E-state index contributed by atoms with van der Waals surface area (Å²) in [5, 5.41) is 11.1. The van der Waals surface area contributed by atoms with Crippen LogP contribution in [0.25, 0.3) is 23.1 Å². The zero-order valence-corrected chi connectivity index (χ0v) is 15.8. The summed E-state index contributed by atoms with van der Waals surface area (Å²) in [5.41, 5.74) is 3.61. The third-order valence-corrected chi connectivity index (χ3v) is 4.82. The number of H-pyrrole nitrogens is 1. The van der Waals surface area contributed by atoms with Gasteiger partial charge in [-0.1, -0.05) is 30.3 Å². The molecule has 28 heavy (non-hydrogen) atoms. The summed E-state index contributed by atoms with van der Waals surface area (Å²) in [5.74, 6) is 0.420. The number of aromatic nitrogens is 2. The molecule has 1 aromatic heterocycles. The second-order valence-electron chi connectivity index (χ2n) is 6.94. The summed E-state index contributed by atoms with van der Waals surface area (Å²) in [6.45, 7) is 1.55. The van der Waals surface area contributed by atoms with Crippen LogP contribution in [0.5, 0.6) is 5.75 Å². The van der Waals surface area contributed by atoms with Crippen molar-refractivity contribution in [2.45, 2.75) is 25.8 Å². The van der Waals surface area contributed by atoms with Gasteiger partial charge in [-0.2, -0.15) is 5.10 Å². The molecule has 1 saturated carbocycles. The Morgan fingerprint density at radius 1 is 1.14 bits per heavy atom. The van der Waals surface area contributed by atoms with Crippen LogP contribution in [-0.4, -0.2) is 35.0 Å². The van der Waals surface area contributed by atoms with Crippen LogP contribution < -0.4 is 10.1 Å². The smallest absolute Gasteiger partial charge is 0.255 e. The van der Waals surface area contributed by atoms with Gasteiger partial charge in [0.15, 0.2) is 5.78 Å². The molecule has 0 radical (unpaired) electrons. The molecule has 0 bridgehead atoms. The molecule has 1 heterocycles. The predicted octanol–water partition coefficient (Wildman–Crippen LogP) is 3.84. The summed E-state index contributed by atoms with van der Waals surface area (Å²) < 4.78 is 5.58. The fourth-order valence-electron chi connectivity index (χ4n) is 3.11. The van der Waals surface area contributed by atoms with Gasteiger partial charge in [0, 0.05) is 11.6 Å². The van der Waals surface area contributed by atoms with E-state index < -0.39 is 0 Å². The number of aromatic amines is 1. The number of nitrogens with one attached hydrogen (secondary N) is 2. The van der Waals surface area contributed by atoms with Gasteiger partial charge in [-0.3, -0.25) is 14.7 Å². The molecule has 0 saturated heterocycles. The third kappa shape index (κ3) is 3.53. The Morgan fingerprint density at radius 3 is 2.54 bits per heavy atom. The summed E-state index contributed by atoms with van der Waals surface area (Å²) >= 11 is 0. The molecule has 1 fully saturated rings. The van der Waals surface area contributed by atoms with E-state index in [1.165, 1.54) is 0 Å². The molecule has 142 valence electrons. The summed E-state index contributed by atoms with van der Waals surface area (Å²) in [6.07, 6.45) is 5.83. The van der Waals surface area contributed by atoms with E-state index >= 15 is 0 Å². The Labute approximate surface area is 162 Å². The minimum Gasteiger partial charge on any atom is -0.495 e. The summed E-state index contributed by atoms with van der Waals surface area (Å²) in [4.78, 5) is 23.9. The number of methoxy groups -OCH3 is 1. The number of Topliss-reactive ketones (excluding diaryl/α,β-unsaturated/α-hetero) is 1. The van der Waals surface area contributed by atoms with E-state index in [1.54, 1.807) is 32.2 Å². The highest BCUT2D eigenvalue weighted by Crippen LogP contribution is 2.33. The van der Waals surface area contributed by atoms with E-state index in [1.807, 2.05) is 30.4 Å². The number of fused-ring (bicyclic) bond motifs is 1. The van der Waals surface area contributed by atoms with Gasteiger partial charge < -0.3 is 10.1 Å². The third-order valence-electron chi connectivity index (χ3n) is 4.82. The Bertz CT molecular complexity index is 1080. The van der Waals surface area contributed by atoms with Gasteiger partial charge in [0.1, 0.15) is 5.75 Å². The molecule has 0 aliphatic heterocycles. The van der Waals surface area contributed by atoms with Gasteiger partial charge in [0.2, 0.25) is 0 Å². The molecule has 1 amide bonds. The second-order valence-corrected chi connectivity index (χ2v) is 6.94. The van der Waals surface area contributed by atoms with E-state index in [9.17, 15) is 9.59 Å². The minimum absolute atomic E-state index is 0.0376. The number of ether oxygens (including phenoxy) is 1. The van der Waals surface area contributed by atoms with Crippen molar-refractivity contribution in [3.05, 3.63) is 58.8 Å². The first-order chi connectivity index (χ1) is 13.6. The van der Waals surface area contributed by atoms with Crippen LogP contribution in [0.2, 0.25) is 0 Å². The van der Waals surface area contributed by atoms with E-state index in [0.29, 0.717) is 22.6 Å². The van der Waals surface area contributed by atoms with Crippen molar-refractivity contribution in [3.8, 4) is 5.75 Å². The quantitative estimate of drug-likeness (QED) is 0.641. The van der Waals surface area contributed by atoms with Crippen molar-refractivity contribution >= 4 is 34.7 Å². The molecule has 1 aliphatic carbocycles. The molecular weight excluding hydrogens is 354 g/mol. The van der Waals surface area contributed by atoms with E-state index in [4.69, 9.17) is 4.74 Å². The lowest BCUT2D eigenvalue weighted by molar-refractivity contribution is 0.0947. The number of carbonyl (C=O) groups excluding carboxylic acids is 2. The molecule has 6 heteroatoms. The molecule has 0 spiro atoms. The van der Waals surface area contributed by atoms with Crippen LogP contribution >= 0.6 is 0 Å². The van der Waals surface area contributed by atoms with Gasteiger partial charge >= 0.3 is 0 Å². The maximum absolute atomic E-state index is 12.6. The van der Waals surface area contributed by atoms with Crippen LogP contribution in [0.1, 0.15) is 51.7 Å². The van der Waals surface area contributed by atoms with E-state index in [0.717, 1.165) is 29.3 Å². The van der Waals surface area contributed by atoms with Crippen LogP contribution in [0.15, 0.2) is 36.4 Å². The molecule has 0 unspecified atom stereocenters. The van der Waals surface area contributed by atoms with Gasteiger partial charge in [-0.15, -0.1) is 0 Å². The van der Waals surface area contributed by atoms with Crippen molar-refractivity contribution in [2.75, 3.05) is 7.11 Å². The lowest BCUT2D eigenvalue weighted by atomic mass is 10.1. The maximum Gasteiger partial charge on any atom is 0.255 e. The molecule has 3 aromatic rings. The van der Waals surface area contributed by atoms with Crippen LogP contribution in [0.3, 0.4) is 0 Å². The highest BCUT2D eigenvalue weighted by atomic mass is 16.5. The molecular formula is C22H21N3O3. The predicted molar refractivity (Wildman–Crippen MR) is 109 cm³/mol. The van der Waals surface area contributed by atoms with E-state index in [-0.39, 0.29) is 17.7 Å². The maximum atomic E-state index is 12.6. The fourth-order valence-corrected chi connectivity index (χ4v) is 3.11. The highest BCUT2D eigenvalue weighted by molar-refractivity contribution is 6.05. The van der Waals surface area contributed by atoms with Gasteiger partial charge in [0.05, 0.1) is 29.3 Å². The van der Waals surface area contributed by atoms with Gasteiger partial charge in [-0.25, -0.2) is 0 Å². The van der Waals surface area contributed by atoms with Crippen molar-refractivity contribution in [3.63, 3.8) is 0 Å². The zero-order valence-electron chi connectivity index (χ0n) is 15.8. The second kappa shape index (κ2) is 7.31. The Kier molecular flexibility index (Phi) is 4.69. The van der Waals surface area contributed by atoms with Crippen LogP contribution in [0, 0.1) is 0 Å². The summed E-state index contributed by atoms with van der Waals surface area (Å²) in [7, 11) is 1.56. The summed E-state index contributed by atoms with van der Waals surface area (Å²) in [6, 6.07) is 11.2. The zero-order chi connectivity index (χ0) is 19.7. The number of benzene rings is 2. The number of carbonyl (C=O) groups is 2. The molecule has 2 N–H and O–H groups in total. The van der Waals surface area contributed by atoms with Crippen molar-refractivity contribution in [1.82, 2.24) is 15.5 Å². The average Bonchev–Trinajstić information content (AvgIpc) is 3.42. The molecule has 0 atom stereocenters. The molecule has 1 aliphatic rings. The van der Waals surface area contributed by atoms with Gasteiger partial charge in [-0.05, 0) is 43.5 Å². The SMILES string of the molecule is COc1c(C(=O)NC2CC2)ccc2[nH]nc(C=Cc3ccc(C(C)=O)cc3)c12. The van der Waals surface area contributed by atoms with Crippen LogP contribution in [-0.2, 0) is 0 Å². The fraction of sp³-hybridized carbons (Fsp3) is 0.227. The van der Waals surface area contributed by atoms with Crippen molar-refractivity contribution in [1.29, 1.82) is 0 Å². The number of amides is 1. The molecule has 2 aromatic carbocycles. The monoisotopic (exact) mass is 375 g/mol. The van der Waals surface area contributed by atoms with E-state index in [2.05, 4.69) is 15.5 Å². The first-order valence-electron chi connectivity index (χ1n) is 9.22. The van der Waals surface area contributed by atoms with Crippen LogP contribution in [0.4, 0.5) is 0 Å². The number of nitrogens with zero attached hydrogens (tertiary/aromatic N) is 1. The van der Waals surface area contributed by atoms with Crippen molar-refractivity contribution in [2.24, 2.45) is 0 Å². The Hall–Kier alpha value is -3.41. The Balaban J connectivity index is 1.68. The Morgan fingerprint density at radius 2 is 1.89 bits per heavy atom. The highest BCUT2D eigenvalue weighted by Gasteiger charge is 2.26. The van der Waals surface area contributed by atoms with Gasteiger partial charge in [0.25, 0.3) is 5.91 Å². The largest absolute Gasteiger partial charge is 0.495 e. The average molecular weight is 375 g/mol. The topological polar surface area (TPSA) is 84.1 Å². The number of ketones is 1. The molecule has 6 nitrogen and oxygen atoms in total. The standard InChI is InChI=1S/C22H21N3O3/c1-13(26)15-6-3-14(4-7-15)5-11-18-20-19(25-24-18)12-10-17(21(20)28-2)22(27)23-16-8-9-16/h3-7,10-12,16H,8-9H2,1-2H3,(H,23,27)(H,24,25).